The Morgan fingerprint density at radius 1 is 1.14 bits per heavy atom. The lowest BCUT2D eigenvalue weighted by Gasteiger charge is -2.44. The number of nitrogens with zero attached hydrogens (tertiary/aromatic N) is 3. The standard InChI is InChI=1S/C28H30F5N3O6S/c1-13-18(29)9-15(10-19(13)30)20-11-36(35-34-20)22-23(38)21(12-41-14(2)37)42-26(24(22)39)43-25(27(3,4)40)16-7-5-6-8-17(16)28(31,32)33/h5-11,21-26,38-40H,12H2,1-4H3/t21-,22+,23+,24-,25?,26+/m1/s1. The molecule has 1 saturated heterocycles. The minimum Gasteiger partial charge on any atom is -0.463 e. The zero-order valence-electron chi connectivity index (χ0n) is 23.4. The van der Waals surface area contributed by atoms with Crippen LogP contribution in [0.1, 0.15) is 48.8 Å². The van der Waals surface area contributed by atoms with Crippen molar-refractivity contribution < 1.29 is 51.5 Å². The van der Waals surface area contributed by atoms with Crippen molar-refractivity contribution in [3.63, 3.8) is 0 Å². The molecule has 9 nitrogen and oxygen atoms in total. The number of esters is 1. The van der Waals surface area contributed by atoms with Crippen molar-refractivity contribution in [2.24, 2.45) is 0 Å². The predicted molar refractivity (Wildman–Crippen MR) is 145 cm³/mol. The van der Waals surface area contributed by atoms with Gasteiger partial charge in [-0.2, -0.15) is 13.2 Å². The van der Waals surface area contributed by atoms with E-state index < -0.39 is 76.6 Å². The maximum absolute atomic E-state index is 14.2. The number of carbonyl (C=O) groups excluding carboxylic acids is 1. The van der Waals surface area contributed by atoms with E-state index >= 15 is 0 Å². The molecule has 2 aromatic carbocycles. The molecule has 6 atom stereocenters. The Kier molecular flexibility index (Phi) is 9.52. The highest BCUT2D eigenvalue weighted by Gasteiger charge is 2.49. The van der Waals surface area contributed by atoms with Gasteiger partial charge in [-0.15, -0.1) is 16.9 Å². The second-order valence-electron chi connectivity index (χ2n) is 10.7. The van der Waals surface area contributed by atoms with Gasteiger partial charge < -0.3 is 24.8 Å². The van der Waals surface area contributed by atoms with Crippen LogP contribution in [-0.4, -0.2) is 72.2 Å². The minimum absolute atomic E-state index is 0.00194. The number of aliphatic hydroxyl groups excluding tert-OH is 2. The van der Waals surface area contributed by atoms with Gasteiger partial charge in [0, 0.05) is 18.1 Å². The van der Waals surface area contributed by atoms with Crippen LogP contribution < -0.4 is 0 Å². The molecule has 0 amide bonds. The molecule has 0 radical (unpaired) electrons. The van der Waals surface area contributed by atoms with E-state index in [1.54, 1.807) is 0 Å². The van der Waals surface area contributed by atoms with Crippen molar-refractivity contribution in [2.75, 3.05) is 6.61 Å². The topological polar surface area (TPSA) is 127 Å². The number of hydrogen-bond acceptors (Lipinski definition) is 9. The molecule has 234 valence electrons. The van der Waals surface area contributed by atoms with Crippen molar-refractivity contribution >= 4 is 17.7 Å². The lowest BCUT2D eigenvalue weighted by Crippen LogP contribution is -2.55. The Labute approximate surface area is 247 Å². The fraction of sp³-hybridized carbons (Fsp3) is 0.464. The molecule has 1 aliphatic rings. The van der Waals surface area contributed by atoms with Crippen LogP contribution in [0.2, 0.25) is 0 Å². The normalized spacial score (nSPS) is 23.7. The van der Waals surface area contributed by atoms with E-state index in [4.69, 9.17) is 9.47 Å². The quantitative estimate of drug-likeness (QED) is 0.246. The van der Waals surface area contributed by atoms with Crippen LogP contribution in [0.5, 0.6) is 0 Å². The van der Waals surface area contributed by atoms with Gasteiger partial charge >= 0.3 is 12.1 Å². The molecular weight excluding hydrogens is 601 g/mol. The van der Waals surface area contributed by atoms with Crippen LogP contribution in [0.25, 0.3) is 11.3 Å². The van der Waals surface area contributed by atoms with Crippen LogP contribution in [0.4, 0.5) is 22.0 Å². The van der Waals surface area contributed by atoms with Gasteiger partial charge in [0.15, 0.2) is 0 Å². The monoisotopic (exact) mass is 631 g/mol. The lowest BCUT2D eigenvalue weighted by atomic mass is 9.94. The number of rotatable bonds is 8. The molecule has 0 aliphatic carbocycles. The molecule has 43 heavy (non-hydrogen) atoms. The van der Waals surface area contributed by atoms with Gasteiger partial charge in [-0.1, -0.05) is 23.4 Å². The molecule has 1 fully saturated rings. The smallest absolute Gasteiger partial charge is 0.416 e. The summed E-state index contributed by atoms with van der Waals surface area (Å²) in [6.45, 7) is 4.50. The molecule has 2 heterocycles. The number of benzene rings is 2. The van der Waals surface area contributed by atoms with E-state index in [1.807, 2.05) is 0 Å². The molecular formula is C28H30F5N3O6S. The summed E-state index contributed by atoms with van der Waals surface area (Å²) in [5, 5.41) is 40.1. The van der Waals surface area contributed by atoms with Crippen molar-refractivity contribution in [2.45, 2.75) is 74.5 Å². The van der Waals surface area contributed by atoms with Gasteiger partial charge in [0.05, 0.1) is 22.6 Å². The van der Waals surface area contributed by atoms with Gasteiger partial charge in [0.2, 0.25) is 0 Å². The number of alkyl halides is 3. The third-order valence-electron chi connectivity index (χ3n) is 6.97. The number of ether oxygens (including phenoxy) is 2. The maximum atomic E-state index is 14.2. The van der Waals surface area contributed by atoms with E-state index in [-0.39, 0.29) is 22.4 Å². The van der Waals surface area contributed by atoms with Gasteiger partial charge in [-0.3, -0.25) is 4.79 Å². The number of carbonyl (C=O) groups is 1. The Balaban J connectivity index is 1.73. The Morgan fingerprint density at radius 3 is 2.35 bits per heavy atom. The first-order chi connectivity index (χ1) is 20.0. The summed E-state index contributed by atoms with van der Waals surface area (Å²) in [4.78, 5) is 11.5. The highest BCUT2D eigenvalue weighted by molar-refractivity contribution is 8.00. The van der Waals surface area contributed by atoms with Gasteiger partial charge in [0.1, 0.15) is 53.7 Å². The molecule has 15 heteroatoms. The molecule has 3 N–H and O–H groups in total. The number of halogens is 5. The third-order valence-corrected chi connectivity index (χ3v) is 8.73. The summed E-state index contributed by atoms with van der Waals surface area (Å²) in [5.41, 5.74) is -4.61. The summed E-state index contributed by atoms with van der Waals surface area (Å²) < 4.78 is 82.1. The molecule has 0 spiro atoms. The van der Waals surface area contributed by atoms with Crippen molar-refractivity contribution in [1.82, 2.24) is 15.0 Å². The first kappa shape index (κ1) is 32.8. The molecule has 0 saturated carbocycles. The largest absolute Gasteiger partial charge is 0.463 e. The first-order valence-corrected chi connectivity index (χ1v) is 14.0. The molecule has 4 rings (SSSR count). The van der Waals surface area contributed by atoms with Gasteiger partial charge in [-0.05, 0) is 44.5 Å². The van der Waals surface area contributed by atoms with E-state index in [1.165, 1.54) is 45.2 Å². The van der Waals surface area contributed by atoms with Crippen LogP contribution in [0.3, 0.4) is 0 Å². The SMILES string of the molecule is CC(=O)OC[C@H]1O[C@@H](SC(c2ccccc2C(F)(F)F)C(C)(C)O)[C@H](O)[C@@H](n2cc(-c3cc(F)c(C)c(F)c3)nn2)[C@H]1O. The van der Waals surface area contributed by atoms with E-state index in [2.05, 4.69) is 10.3 Å². The second kappa shape index (κ2) is 12.5. The third kappa shape index (κ3) is 7.17. The predicted octanol–water partition coefficient (Wildman–Crippen LogP) is 4.35. The van der Waals surface area contributed by atoms with E-state index in [0.29, 0.717) is 11.8 Å². The van der Waals surface area contributed by atoms with Crippen molar-refractivity contribution in [3.8, 4) is 11.3 Å². The zero-order valence-corrected chi connectivity index (χ0v) is 24.2. The average Bonchev–Trinajstić information content (AvgIpc) is 3.39. The lowest BCUT2D eigenvalue weighted by molar-refractivity contribution is -0.187. The van der Waals surface area contributed by atoms with E-state index in [9.17, 15) is 42.1 Å². The zero-order chi connectivity index (χ0) is 31.9. The Hall–Kier alpha value is -3.11. The Morgan fingerprint density at radius 2 is 1.77 bits per heavy atom. The number of thioether (sulfide) groups is 1. The fourth-order valence-corrected chi connectivity index (χ4v) is 6.25. The molecule has 1 unspecified atom stereocenters. The van der Waals surface area contributed by atoms with Crippen molar-refractivity contribution in [3.05, 3.63) is 70.9 Å². The summed E-state index contributed by atoms with van der Waals surface area (Å²) in [6, 6.07) is 5.38. The maximum Gasteiger partial charge on any atom is 0.416 e. The number of hydrogen-bond donors (Lipinski definition) is 3. The molecule has 3 aromatic rings. The second-order valence-corrected chi connectivity index (χ2v) is 11.9. The Bertz CT molecular complexity index is 1440. The van der Waals surface area contributed by atoms with Gasteiger partial charge in [0.25, 0.3) is 0 Å². The van der Waals surface area contributed by atoms with Gasteiger partial charge in [-0.25, -0.2) is 13.5 Å². The van der Waals surface area contributed by atoms with E-state index in [0.717, 1.165) is 29.8 Å². The molecule has 1 aliphatic heterocycles. The fourth-order valence-electron chi connectivity index (χ4n) is 4.77. The van der Waals surface area contributed by atoms with Crippen molar-refractivity contribution in [1.29, 1.82) is 0 Å². The average molecular weight is 632 g/mol. The van der Waals surface area contributed by atoms with Crippen LogP contribution in [0, 0.1) is 18.6 Å². The number of aliphatic hydroxyl groups is 3. The van der Waals surface area contributed by atoms with Crippen LogP contribution in [0.15, 0.2) is 42.6 Å². The minimum atomic E-state index is -4.75. The van der Waals surface area contributed by atoms with Crippen LogP contribution in [-0.2, 0) is 20.4 Å². The summed E-state index contributed by atoms with van der Waals surface area (Å²) in [5.74, 6) is -2.36. The summed E-state index contributed by atoms with van der Waals surface area (Å²) in [6.07, 6.45) is -8.08. The summed E-state index contributed by atoms with van der Waals surface area (Å²) >= 11 is 0.677. The first-order valence-electron chi connectivity index (χ1n) is 13.1. The van der Waals surface area contributed by atoms with Crippen LogP contribution >= 0.6 is 11.8 Å². The highest BCUT2D eigenvalue weighted by atomic mass is 32.2. The highest BCUT2D eigenvalue weighted by Crippen LogP contribution is 2.49. The summed E-state index contributed by atoms with van der Waals surface area (Å²) in [7, 11) is 0. The molecule has 0 bridgehead atoms. The number of aromatic nitrogens is 3. The molecule has 1 aromatic heterocycles.